The number of amides is 2. The van der Waals surface area contributed by atoms with Gasteiger partial charge in [-0.2, -0.15) is 0 Å². The zero-order valence-corrected chi connectivity index (χ0v) is 14.2. The van der Waals surface area contributed by atoms with Gasteiger partial charge in [-0.25, -0.2) is 4.79 Å². The zero-order chi connectivity index (χ0) is 18.8. The number of non-ortho nitro benzene ring substituents is 1. The summed E-state index contributed by atoms with van der Waals surface area (Å²) in [6.45, 7) is 1.28. The Morgan fingerprint density at radius 3 is 2.46 bits per heavy atom. The molecule has 1 aromatic rings. The number of ether oxygens (including phenoxy) is 1. The largest absolute Gasteiger partial charge is 0.459 e. The van der Waals surface area contributed by atoms with Gasteiger partial charge < -0.3 is 4.74 Å². The van der Waals surface area contributed by atoms with Gasteiger partial charge in [-0.1, -0.05) is 24.3 Å². The van der Waals surface area contributed by atoms with Crippen LogP contribution in [0.25, 0.3) is 0 Å². The highest BCUT2D eigenvalue weighted by atomic mass is 16.6. The minimum atomic E-state index is -1.03. The summed E-state index contributed by atoms with van der Waals surface area (Å²) in [5, 5.41) is 10.8. The first-order valence-corrected chi connectivity index (χ1v) is 8.32. The van der Waals surface area contributed by atoms with Gasteiger partial charge in [0, 0.05) is 12.1 Å². The second-order valence-electron chi connectivity index (χ2n) is 6.41. The van der Waals surface area contributed by atoms with Crippen LogP contribution in [-0.4, -0.2) is 33.6 Å². The van der Waals surface area contributed by atoms with Gasteiger partial charge in [-0.05, 0) is 25.3 Å². The highest BCUT2D eigenvalue weighted by Gasteiger charge is 2.50. The Hall–Kier alpha value is -3.03. The molecule has 0 bridgehead atoms. The molecule has 8 nitrogen and oxygen atoms in total. The number of nitro benzene ring substituents is 1. The zero-order valence-electron chi connectivity index (χ0n) is 14.2. The molecule has 1 aliphatic carbocycles. The Morgan fingerprint density at radius 2 is 1.88 bits per heavy atom. The van der Waals surface area contributed by atoms with Crippen LogP contribution in [0.2, 0.25) is 0 Å². The van der Waals surface area contributed by atoms with E-state index in [0.717, 1.165) is 4.90 Å². The van der Waals surface area contributed by atoms with Crippen LogP contribution in [0.15, 0.2) is 36.4 Å². The molecule has 0 aromatic heterocycles. The number of likely N-dealkylation sites (tertiary alicyclic amines) is 1. The fourth-order valence-electron chi connectivity index (χ4n) is 3.35. The molecule has 2 aliphatic rings. The van der Waals surface area contributed by atoms with Crippen molar-refractivity contribution in [2.24, 2.45) is 11.8 Å². The fourth-order valence-corrected chi connectivity index (χ4v) is 3.35. The maximum Gasteiger partial charge on any atom is 0.329 e. The lowest BCUT2D eigenvalue weighted by molar-refractivity contribution is -0.384. The van der Waals surface area contributed by atoms with E-state index in [1.165, 1.54) is 25.1 Å². The second kappa shape index (κ2) is 7.07. The maximum atomic E-state index is 12.5. The number of carbonyl (C=O) groups excluding carboxylic acids is 3. The van der Waals surface area contributed by atoms with Crippen LogP contribution in [-0.2, 0) is 25.7 Å². The molecule has 0 spiro atoms. The van der Waals surface area contributed by atoms with Gasteiger partial charge in [0.25, 0.3) is 5.69 Å². The van der Waals surface area contributed by atoms with E-state index in [0.29, 0.717) is 18.4 Å². The van der Waals surface area contributed by atoms with Crippen molar-refractivity contribution < 1.29 is 24.0 Å². The van der Waals surface area contributed by atoms with Crippen LogP contribution in [0.4, 0.5) is 5.69 Å². The summed E-state index contributed by atoms with van der Waals surface area (Å²) >= 11 is 0. The van der Waals surface area contributed by atoms with E-state index in [1.807, 2.05) is 12.2 Å². The van der Waals surface area contributed by atoms with Crippen LogP contribution >= 0.6 is 0 Å². The normalized spacial score (nSPS) is 22.9. The Balaban J connectivity index is 1.65. The minimum Gasteiger partial charge on any atom is -0.459 e. The van der Waals surface area contributed by atoms with Crippen molar-refractivity contribution in [3.05, 3.63) is 52.1 Å². The van der Waals surface area contributed by atoms with Crippen molar-refractivity contribution in [2.75, 3.05) is 0 Å². The Bertz CT molecular complexity index is 777. The summed E-state index contributed by atoms with van der Waals surface area (Å²) in [7, 11) is 0. The fraction of sp³-hybridized carbons (Fsp3) is 0.389. The van der Waals surface area contributed by atoms with Crippen molar-refractivity contribution in [1.29, 1.82) is 0 Å². The summed E-state index contributed by atoms with van der Waals surface area (Å²) in [5.74, 6) is -2.21. The lowest BCUT2D eigenvalue weighted by Gasteiger charge is -2.21. The summed E-state index contributed by atoms with van der Waals surface area (Å²) in [6, 6.07) is 4.71. The third-order valence-electron chi connectivity index (χ3n) is 4.77. The first-order valence-electron chi connectivity index (χ1n) is 8.32. The molecule has 3 atom stereocenters. The standard InChI is InChI=1S/C18H18N2O6/c1-11(19-16(21)14-7-2-3-8-15(14)17(19)22)18(23)26-10-12-5-4-6-13(9-12)20(24)25/h2-6,9,11,14-15H,7-8,10H2,1H3. The molecule has 8 heteroatoms. The van der Waals surface area contributed by atoms with Gasteiger partial charge in [0.15, 0.2) is 0 Å². The lowest BCUT2D eigenvalue weighted by Crippen LogP contribution is -2.44. The summed E-state index contributed by atoms with van der Waals surface area (Å²) in [4.78, 5) is 48.5. The molecule has 2 amide bonds. The second-order valence-corrected chi connectivity index (χ2v) is 6.41. The number of nitro groups is 1. The molecule has 3 unspecified atom stereocenters. The quantitative estimate of drug-likeness (QED) is 0.262. The molecule has 3 rings (SSSR count). The third-order valence-corrected chi connectivity index (χ3v) is 4.77. The van der Waals surface area contributed by atoms with Crippen molar-refractivity contribution in [1.82, 2.24) is 4.90 Å². The molecule has 1 fully saturated rings. The molecule has 1 heterocycles. The molecule has 0 saturated carbocycles. The van der Waals surface area contributed by atoms with Crippen molar-refractivity contribution >= 4 is 23.5 Å². The number of imide groups is 1. The number of allylic oxidation sites excluding steroid dienone is 2. The van der Waals surface area contributed by atoms with Crippen LogP contribution in [0.5, 0.6) is 0 Å². The molecule has 1 aliphatic heterocycles. The van der Waals surface area contributed by atoms with Crippen molar-refractivity contribution in [2.45, 2.75) is 32.4 Å². The van der Waals surface area contributed by atoms with Gasteiger partial charge >= 0.3 is 5.97 Å². The number of carbonyl (C=O) groups is 3. The van der Waals surface area contributed by atoms with E-state index in [9.17, 15) is 24.5 Å². The topological polar surface area (TPSA) is 107 Å². The minimum absolute atomic E-state index is 0.104. The first-order chi connectivity index (χ1) is 12.4. The number of benzene rings is 1. The van der Waals surface area contributed by atoms with E-state index in [4.69, 9.17) is 4.74 Å². The number of fused-ring (bicyclic) bond motifs is 1. The third kappa shape index (κ3) is 3.22. The summed E-state index contributed by atoms with van der Waals surface area (Å²) in [5.41, 5.74) is 0.352. The number of hydrogen-bond donors (Lipinski definition) is 0. The van der Waals surface area contributed by atoms with E-state index in [-0.39, 0.29) is 24.1 Å². The molecule has 1 aromatic carbocycles. The van der Waals surface area contributed by atoms with Gasteiger partial charge in [-0.15, -0.1) is 0 Å². The number of rotatable bonds is 5. The molecular weight excluding hydrogens is 340 g/mol. The first kappa shape index (κ1) is 17.8. The average molecular weight is 358 g/mol. The monoisotopic (exact) mass is 358 g/mol. The van der Waals surface area contributed by atoms with E-state index in [1.54, 1.807) is 6.07 Å². The predicted molar refractivity (Wildman–Crippen MR) is 89.6 cm³/mol. The molecule has 136 valence electrons. The molecule has 0 radical (unpaired) electrons. The van der Waals surface area contributed by atoms with Gasteiger partial charge in [0.1, 0.15) is 12.6 Å². The van der Waals surface area contributed by atoms with Crippen LogP contribution in [0, 0.1) is 22.0 Å². The molecule has 0 N–H and O–H groups in total. The van der Waals surface area contributed by atoms with E-state index < -0.39 is 28.8 Å². The Labute approximate surface area is 149 Å². The number of hydrogen-bond acceptors (Lipinski definition) is 6. The summed E-state index contributed by atoms with van der Waals surface area (Å²) < 4.78 is 5.16. The van der Waals surface area contributed by atoms with Crippen molar-refractivity contribution in [3.63, 3.8) is 0 Å². The number of nitrogens with zero attached hydrogens (tertiary/aromatic N) is 2. The van der Waals surface area contributed by atoms with E-state index in [2.05, 4.69) is 0 Å². The molecular formula is C18H18N2O6. The Kier molecular flexibility index (Phi) is 4.83. The summed E-state index contributed by atoms with van der Waals surface area (Å²) in [6.07, 6.45) is 4.75. The maximum absolute atomic E-state index is 12.5. The van der Waals surface area contributed by atoms with E-state index >= 15 is 0 Å². The van der Waals surface area contributed by atoms with Crippen LogP contribution in [0.1, 0.15) is 25.3 Å². The SMILES string of the molecule is CC(C(=O)OCc1cccc([N+](=O)[O-])c1)N1C(=O)C2CC=CCC2C1=O. The number of esters is 1. The lowest BCUT2D eigenvalue weighted by atomic mass is 9.85. The van der Waals surface area contributed by atoms with Gasteiger partial charge in [0.2, 0.25) is 11.8 Å². The van der Waals surface area contributed by atoms with Gasteiger partial charge in [0.05, 0.1) is 16.8 Å². The smallest absolute Gasteiger partial charge is 0.329 e. The highest BCUT2D eigenvalue weighted by Crippen LogP contribution is 2.36. The molecule has 26 heavy (non-hydrogen) atoms. The predicted octanol–water partition coefficient (Wildman–Crippen LogP) is 1.98. The average Bonchev–Trinajstić information content (AvgIpc) is 2.90. The van der Waals surface area contributed by atoms with Gasteiger partial charge in [-0.3, -0.25) is 24.6 Å². The molecule has 1 saturated heterocycles. The van der Waals surface area contributed by atoms with Crippen LogP contribution in [0.3, 0.4) is 0 Å². The highest BCUT2D eigenvalue weighted by molar-refractivity contribution is 6.08. The van der Waals surface area contributed by atoms with Crippen LogP contribution < -0.4 is 0 Å². The van der Waals surface area contributed by atoms with Crippen molar-refractivity contribution in [3.8, 4) is 0 Å². The Morgan fingerprint density at radius 1 is 1.27 bits per heavy atom.